The van der Waals surface area contributed by atoms with E-state index in [1.807, 2.05) is 11.0 Å². The SMILES string of the molecule is CCCN(CCO)c1nc2c(cc1C(N)=NO)CCC2. The topological polar surface area (TPSA) is 95.0 Å². The van der Waals surface area contributed by atoms with Gasteiger partial charge in [-0.15, -0.1) is 0 Å². The molecule has 0 amide bonds. The lowest BCUT2D eigenvalue weighted by molar-refractivity contribution is 0.301. The van der Waals surface area contributed by atoms with E-state index in [1.54, 1.807) is 0 Å². The molecule has 0 atom stereocenters. The van der Waals surface area contributed by atoms with E-state index in [2.05, 4.69) is 12.1 Å². The maximum atomic E-state index is 9.22. The molecule has 1 aromatic heterocycles. The van der Waals surface area contributed by atoms with Crippen molar-refractivity contribution in [1.29, 1.82) is 0 Å². The second kappa shape index (κ2) is 6.56. The Labute approximate surface area is 118 Å². The molecule has 0 saturated carbocycles. The highest BCUT2D eigenvalue weighted by Gasteiger charge is 2.21. The van der Waals surface area contributed by atoms with Crippen LogP contribution in [0.25, 0.3) is 0 Å². The van der Waals surface area contributed by atoms with Gasteiger partial charge in [0.1, 0.15) is 5.82 Å². The van der Waals surface area contributed by atoms with Gasteiger partial charge >= 0.3 is 0 Å². The predicted molar refractivity (Wildman–Crippen MR) is 78.4 cm³/mol. The average Bonchev–Trinajstić information content (AvgIpc) is 2.92. The minimum Gasteiger partial charge on any atom is -0.409 e. The van der Waals surface area contributed by atoms with Crippen molar-refractivity contribution in [3.05, 3.63) is 22.9 Å². The lowest BCUT2D eigenvalue weighted by atomic mass is 10.1. The zero-order chi connectivity index (χ0) is 14.5. The van der Waals surface area contributed by atoms with E-state index in [4.69, 9.17) is 15.9 Å². The van der Waals surface area contributed by atoms with Gasteiger partial charge in [0.15, 0.2) is 5.84 Å². The maximum Gasteiger partial charge on any atom is 0.173 e. The Morgan fingerprint density at radius 3 is 2.90 bits per heavy atom. The average molecular weight is 278 g/mol. The standard InChI is InChI=1S/C14H22N4O2/c1-2-6-18(7-8-19)14-11(13(15)17-20)9-10-4-3-5-12(10)16-14/h9,19-20H,2-8H2,1H3,(H2,15,17). The summed E-state index contributed by atoms with van der Waals surface area (Å²) in [5.41, 5.74) is 8.71. The molecule has 0 saturated heterocycles. The molecule has 1 aliphatic rings. The van der Waals surface area contributed by atoms with E-state index in [1.165, 1.54) is 5.56 Å². The van der Waals surface area contributed by atoms with E-state index in [-0.39, 0.29) is 12.4 Å². The monoisotopic (exact) mass is 278 g/mol. The van der Waals surface area contributed by atoms with Crippen LogP contribution >= 0.6 is 0 Å². The molecule has 0 unspecified atom stereocenters. The normalized spacial score (nSPS) is 14.4. The van der Waals surface area contributed by atoms with Crippen molar-refractivity contribution < 1.29 is 10.3 Å². The second-order valence-electron chi connectivity index (χ2n) is 5.01. The van der Waals surface area contributed by atoms with E-state index < -0.39 is 0 Å². The fraction of sp³-hybridized carbons (Fsp3) is 0.571. The van der Waals surface area contributed by atoms with Crippen LogP contribution in [-0.4, -0.2) is 40.8 Å². The molecule has 2 rings (SSSR count). The van der Waals surface area contributed by atoms with Crippen LogP contribution in [0.5, 0.6) is 0 Å². The Morgan fingerprint density at radius 2 is 2.25 bits per heavy atom. The summed E-state index contributed by atoms with van der Waals surface area (Å²) >= 11 is 0. The van der Waals surface area contributed by atoms with Crippen LogP contribution < -0.4 is 10.6 Å². The van der Waals surface area contributed by atoms with Crippen molar-refractivity contribution in [1.82, 2.24) is 4.98 Å². The third-order valence-corrected chi connectivity index (χ3v) is 3.58. The number of aromatic nitrogens is 1. The third kappa shape index (κ3) is 2.85. The van der Waals surface area contributed by atoms with Gasteiger partial charge in [-0.3, -0.25) is 0 Å². The molecule has 110 valence electrons. The van der Waals surface area contributed by atoms with Gasteiger partial charge in [-0.2, -0.15) is 0 Å². The summed E-state index contributed by atoms with van der Waals surface area (Å²) in [5.74, 6) is 0.776. The minimum atomic E-state index is 0.0500. The minimum absolute atomic E-state index is 0.0500. The summed E-state index contributed by atoms with van der Waals surface area (Å²) in [6, 6.07) is 1.97. The van der Waals surface area contributed by atoms with E-state index in [0.717, 1.165) is 37.9 Å². The fourth-order valence-electron chi connectivity index (χ4n) is 2.66. The lowest BCUT2D eigenvalue weighted by Crippen LogP contribution is -2.31. The number of nitrogens with two attached hydrogens (primary N) is 1. The number of hydrogen-bond acceptors (Lipinski definition) is 5. The second-order valence-corrected chi connectivity index (χ2v) is 5.01. The molecule has 1 heterocycles. The Kier molecular flexibility index (Phi) is 4.79. The quantitative estimate of drug-likeness (QED) is 0.311. The highest BCUT2D eigenvalue weighted by atomic mass is 16.4. The summed E-state index contributed by atoms with van der Waals surface area (Å²) in [7, 11) is 0. The molecule has 1 aliphatic carbocycles. The molecule has 0 fully saturated rings. The first-order chi connectivity index (χ1) is 9.71. The van der Waals surface area contributed by atoms with E-state index in [9.17, 15) is 5.11 Å². The van der Waals surface area contributed by atoms with Crippen LogP contribution in [0.4, 0.5) is 5.82 Å². The van der Waals surface area contributed by atoms with Crippen LogP contribution in [0, 0.1) is 0 Å². The summed E-state index contributed by atoms with van der Waals surface area (Å²) < 4.78 is 0. The molecule has 4 N–H and O–H groups in total. The largest absolute Gasteiger partial charge is 0.409 e. The number of oxime groups is 1. The van der Waals surface area contributed by atoms with Crippen molar-refractivity contribution in [3.63, 3.8) is 0 Å². The van der Waals surface area contributed by atoms with Crippen LogP contribution in [0.3, 0.4) is 0 Å². The summed E-state index contributed by atoms with van der Waals surface area (Å²) in [6.07, 6.45) is 3.99. The first kappa shape index (κ1) is 14.6. The van der Waals surface area contributed by atoms with Gasteiger partial charge < -0.3 is 20.9 Å². The van der Waals surface area contributed by atoms with Crippen molar-refractivity contribution >= 4 is 11.7 Å². The molecule has 0 aromatic carbocycles. The zero-order valence-electron chi connectivity index (χ0n) is 11.8. The Hall–Kier alpha value is -1.82. The third-order valence-electron chi connectivity index (χ3n) is 3.58. The first-order valence-corrected chi connectivity index (χ1v) is 7.07. The number of amidine groups is 1. The summed E-state index contributed by atoms with van der Waals surface area (Å²) in [4.78, 5) is 6.69. The highest BCUT2D eigenvalue weighted by molar-refractivity contribution is 6.01. The van der Waals surface area contributed by atoms with Gasteiger partial charge in [-0.05, 0) is 37.3 Å². The molecule has 6 heteroatoms. The number of pyridine rings is 1. The van der Waals surface area contributed by atoms with Gasteiger partial charge in [0.05, 0.1) is 12.2 Å². The Balaban J connectivity index is 2.47. The number of nitrogens with zero attached hydrogens (tertiary/aromatic N) is 3. The van der Waals surface area contributed by atoms with Gasteiger partial charge in [-0.1, -0.05) is 12.1 Å². The van der Waals surface area contributed by atoms with Crippen LogP contribution in [0.1, 0.15) is 36.6 Å². The number of anilines is 1. The number of aliphatic hydroxyl groups is 1. The molecule has 0 spiro atoms. The van der Waals surface area contributed by atoms with Crippen molar-refractivity contribution in [2.45, 2.75) is 32.6 Å². The fourth-order valence-corrected chi connectivity index (χ4v) is 2.66. The van der Waals surface area contributed by atoms with Crippen molar-refractivity contribution in [2.75, 3.05) is 24.6 Å². The van der Waals surface area contributed by atoms with Crippen LogP contribution in [0.15, 0.2) is 11.2 Å². The van der Waals surface area contributed by atoms with Crippen LogP contribution in [-0.2, 0) is 12.8 Å². The molecule has 0 bridgehead atoms. The number of hydrogen-bond donors (Lipinski definition) is 3. The molecule has 0 aliphatic heterocycles. The highest BCUT2D eigenvalue weighted by Crippen LogP contribution is 2.27. The number of fused-ring (bicyclic) bond motifs is 1. The molecule has 6 nitrogen and oxygen atoms in total. The molecule has 20 heavy (non-hydrogen) atoms. The molecular formula is C14H22N4O2. The lowest BCUT2D eigenvalue weighted by Gasteiger charge is -2.25. The zero-order valence-corrected chi connectivity index (χ0v) is 11.8. The number of aryl methyl sites for hydroxylation is 2. The predicted octanol–water partition coefficient (Wildman–Crippen LogP) is 0.873. The molecular weight excluding hydrogens is 256 g/mol. The number of rotatable bonds is 6. The van der Waals surface area contributed by atoms with E-state index >= 15 is 0 Å². The van der Waals surface area contributed by atoms with E-state index in [0.29, 0.717) is 17.9 Å². The molecule has 1 aromatic rings. The summed E-state index contributed by atoms with van der Waals surface area (Å²) in [6.45, 7) is 3.39. The van der Waals surface area contributed by atoms with Crippen molar-refractivity contribution in [3.8, 4) is 0 Å². The number of aliphatic hydroxyl groups excluding tert-OH is 1. The first-order valence-electron chi connectivity index (χ1n) is 7.07. The molecule has 0 radical (unpaired) electrons. The Bertz CT molecular complexity index is 496. The van der Waals surface area contributed by atoms with Gasteiger partial charge in [0, 0.05) is 18.8 Å². The Morgan fingerprint density at radius 1 is 1.45 bits per heavy atom. The maximum absolute atomic E-state index is 9.22. The van der Waals surface area contributed by atoms with Gasteiger partial charge in [0.2, 0.25) is 0 Å². The smallest absolute Gasteiger partial charge is 0.173 e. The summed E-state index contributed by atoms with van der Waals surface area (Å²) in [5, 5.41) is 21.3. The van der Waals surface area contributed by atoms with Gasteiger partial charge in [-0.25, -0.2) is 4.98 Å². The van der Waals surface area contributed by atoms with Crippen molar-refractivity contribution in [2.24, 2.45) is 10.9 Å². The van der Waals surface area contributed by atoms with Crippen LogP contribution in [0.2, 0.25) is 0 Å². The van der Waals surface area contributed by atoms with Gasteiger partial charge in [0.25, 0.3) is 0 Å².